The Kier molecular flexibility index (Phi) is 7.54. The van der Waals surface area contributed by atoms with Crippen LogP contribution in [0, 0.1) is 11.8 Å². The van der Waals surface area contributed by atoms with Gasteiger partial charge in [0.05, 0.1) is 25.0 Å². The summed E-state index contributed by atoms with van der Waals surface area (Å²) in [6.07, 6.45) is -9.66. The van der Waals surface area contributed by atoms with Crippen molar-refractivity contribution in [3.63, 3.8) is 0 Å². The van der Waals surface area contributed by atoms with Crippen LogP contribution in [0.4, 0.5) is 26.3 Å². The van der Waals surface area contributed by atoms with Crippen molar-refractivity contribution in [1.29, 1.82) is 0 Å². The van der Waals surface area contributed by atoms with Crippen molar-refractivity contribution in [1.82, 2.24) is 21.5 Å². The normalized spacial score (nSPS) is 29.6. The zero-order valence-electron chi connectivity index (χ0n) is 15.4. The molecule has 2 fully saturated rings. The second kappa shape index (κ2) is 9.29. The molecule has 0 aromatic carbocycles. The summed E-state index contributed by atoms with van der Waals surface area (Å²) in [5, 5.41) is 5.28. The molecule has 12 heteroatoms. The van der Waals surface area contributed by atoms with E-state index in [4.69, 9.17) is 0 Å². The van der Waals surface area contributed by atoms with Gasteiger partial charge in [-0.1, -0.05) is 0 Å². The maximum absolute atomic E-state index is 12.7. The van der Waals surface area contributed by atoms with Gasteiger partial charge in [0.15, 0.2) is 5.96 Å². The molecule has 6 nitrogen and oxygen atoms in total. The van der Waals surface area contributed by atoms with Gasteiger partial charge in [-0.05, 0) is 39.0 Å². The van der Waals surface area contributed by atoms with Crippen LogP contribution in [0.3, 0.4) is 0 Å². The van der Waals surface area contributed by atoms with E-state index in [1.807, 2.05) is 6.92 Å². The molecule has 0 spiro atoms. The van der Waals surface area contributed by atoms with Crippen molar-refractivity contribution < 1.29 is 31.1 Å². The van der Waals surface area contributed by atoms with Crippen molar-refractivity contribution in [3.05, 3.63) is 0 Å². The Morgan fingerprint density at radius 2 is 1.71 bits per heavy atom. The highest BCUT2D eigenvalue weighted by molar-refractivity contribution is 5.98. The largest absolute Gasteiger partial charge is 0.391 e. The highest BCUT2D eigenvalue weighted by Gasteiger charge is 2.42. The summed E-state index contributed by atoms with van der Waals surface area (Å²) in [6, 6.07) is 0.113. The van der Waals surface area contributed by atoms with Crippen molar-refractivity contribution in [2.45, 2.75) is 70.0 Å². The summed E-state index contributed by atoms with van der Waals surface area (Å²) in [5.41, 5.74) is 5.80. The van der Waals surface area contributed by atoms with E-state index in [0.717, 1.165) is 0 Å². The number of hydrogen-bond acceptors (Lipinski definition) is 4. The molecule has 1 amide bonds. The molecule has 1 aliphatic heterocycles. The number of hydrazine groups is 1. The van der Waals surface area contributed by atoms with E-state index >= 15 is 0 Å². The number of carbonyl (C=O) groups excluding carboxylic acids is 1. The number of hydrogen-bond donors (Lipinski definition) is 4. The van der Waals surface area contributed by atoms with Gasteiger partial charge in [0.1, 0.15) is 0 Å². The predicted octanol–water partition coefficient (Wildman–Crippen LogP) is 2.58. The van der Waals surface area contributed by atoms with Gasteiger partial charge in [0.25, 0.3) is 0 Å². The maximum Gasteiger partial charge on any atom is 0.391 e. The van der Waals surface area contributed by atoms with Gasteiger partial charge in [0, 0.05) is 12.0 Å². The van der Waals surface area contributed by atoms with Gasteiger partial charge in [-0.25, -0.2) is 5.43 Å². The molecule has 1 aliphatic carbocycles. The first-order valence-electron chi connectivity index (χ1n) is 9.20. The summed E-state index contributed by atoms with van der Waals surface area (Å²) in [6.45, 7) is 1.33. The molecule has 1 heterocycles. The van der Waals surface area contributed by atoms with Crippen LogP contribution in [-0.4, -0.2) is 43.0 Å². The monoisotopic (exact) mass is 417 g/mol. The molecule has 2 aliphatic rings. The number of guanidine groups is 1. The number of alkyl halides is 6. The fourth-order valence-corrected chi connectivity index (χ4v) is 3.29. The topological polar surface area (TPSA) is 77.5 Å². The van der Waals surface area contributed by atoms with E-state index in [-0.39, 0.29) is 43.9 Å². The Hall–Kier alpha value is -1.56. The van der Waals surface area contributed by atoms with Crippen LogP contribution in [0.2, 0.25) is 0 Å². The smallest absolute Gasteiger partial charge is 0.339 e. The minimum Gasteiger partial charge on any atom is -0.339 e. The molecule has 4 N–H and O–H groups in total. The molecule has 0 aromatic rings. The van der Waals surface area contributed by atoms with Gasteiger partial charge < -0.3 is 5.32 Å². The Morgan fingerprint density at radius 1 is 1.07 bits per heavy atom. The lowest BCUT2D eigenvalue weighted by Gasteiger charge is -2.29. The molecule has 1 saturated heterocycles. The fraction of sp³-hybridized carbons (Fsp3) is 0.875. The third-order valence-corrected chi connectivity index (χ3v) is 4.87. The maximum atomic E-state index is 12.7. The highest BCUT2D eigenvalue weighted by Crippen LogP contribution is 2.39. The lowest BCUT2D eigenvalue weighted by atomic mass is 9.81. The minimum absolute atomic E-state index is 0.0755. The number of aliphatic imine (C=N–C) groups is 1. The number of nitrogens with zero attached hydrogens (tertiary/aromatic N) is 1. The Balaban J connectivity index is 1.92. The third kappa shape index (κ3) is 7.46. The molecule has 0 aromatic heterocycles. The number of amides is 1. The fourth-order valence-electron chi connectivity index (χ4n) is 3.29. The molecule has 28 heavy (non-hydrogen) atoms. The first kappa shape index (κ1) is 22.7. The number of carbonyl (C=O) groups is 1. The Bertz CT molecular complexity index is 557. The van der Waals surface area contributed by atoms with E-state index < -0.39 is 43.1 Å². The summed E-state index contributed by atoms with van der Waals surface area (Å²) < 4.78 is 75.3. The third-order valence-electron chi connectivity index (χ3n) is 4.87. The van der Waals surface area contributed by atoms with Crippen LogP contribution < -0.4 is 21.5 Å². The molecular weight excluding hydrogens is 392 g/mol. The minimum atomic E-state index is -4.38. The van der Waals surface area contributed by atoms with Crippen molar-refractivity contribution in [2.24, 2.45) is 16.8 Å². The average molecular weight is 417 g/mol. The van der Waals surface area contributed by atoms with E-state index in [9.17, 15) is 31.1 Å². The SMILES string of the molecule is CC1CC(NC(=NCCC(F)(F)F)NC(=O)C2CCC(C(F)(F)F)CC2)NN1. The quantitative estimate of drug-likeness (QED) is 0.322. The second-order valence-electron chi connectivity index (χ2n) is 7.30. The first-order chi connectivity index (χ1) is 12.9. The Morgan fingerprint density at radius 3 is 2.21 bits per heavy atom. The number of halogens is 6. The van der Waals surface area contributed by atoms with Crippen LogP contribution in [0.25, 0.3) is 0 Å². The van der Waals surface area contributed by atoms with E-state index in [1.54, 1.807) is 0 Å². The zero-order valence-corrected chi connectivity index (χ0v) is 15.4. The van der Waals surface area contributed by atoms with Crippen molar-refractivity contribution in [3.8, 4) is 0 Å². The van der Waals surface area contributed by atoms with Gasteiger partial charge in [-0.3, -0.25) is 20.5 Å². The van der Waals surface area contributed by atoms with Gasteiger partial charge in [-0.15, -0.1) is 0 Å². The number of nitrogens with one attached hydrogen (secondary N) is 4. The van der Waals surface area contributed by atoms with Crippen LogP contribution in [0.15, 0.2) is 4.99 Å². The van der Waals surface area contributed by atoms with Crippen LogP contribution >= 0.6 is 0 Å². The highest BCUT2D eigenvalue weighted by atomic mass is 19.4. The lowest BCUT2D eigenvalue weighted by molar-refractivity contribution is -0.184. The second-order valence-corrected chi connectivity index (χ2v) is 7.30. The van der Waals surface area contributed by atoms with Crippen molar-refractivity contribution >= 4 is 11.9 Å². The zero-order chi connectivity index (χ0) is 20.9. The van der Waals surface area contributed by atoms with Gasteiger partial charge in [0.2, 0.25) is 5.91 Å². The van der Waals surface area contributed by atoms with Gasteiger partial charge in [-0.2, -0.15) is 26.3 Å². The van der Waals surface area contributed by atoms with E-state index in [0.29, 0.717) is 6.42 Å². The van der Waals surface area contributed by atoms with Crippen molar-refractivity contribution in [2.75, 3.05) is 6.54 Å². The van der Waals surface area contributed by atoms with Crippen LogP contribution in [0.5, 0.6) is 0 Å². The molecule has 2 unspecified atom stereocenters. The van der Waals surface area contributed by atoms with Crippen LogP contribution in [0.1, 0.15) is 45.4 Å². The summed E-state index contributed by atoms with van der Waals surface area (Å²) >= 11 is 0. The molecule has 0 bridgehead atoms. The predicted molar refractivity (Wildman–Crippen MR) is 89.9 cm³/mol. The molecular formula is C16H25F6N5O. The summed E-state index contributed by atoms with van der Waals surface area (Å²) in [5.74, 6) is -2.68. The average Bonchev–Trinajstić information content (AvgIpc) is 2.97. The van der Waals surface area contributed by atoms with E-state index in [2.05, 4.69) is 26.5 Å². The number of rotatable bonds is 4. The molecule has 1 saturated carbocycles. The molecule has 2 rings (SSSR count). The molecule has 2 atom stereocenters. The van der Waals surface area contributed by atoms with Gasteiger partial charge >= 0.3 is 12.4 Å². The first-order valence-corrected chi connectivity index (χ1v) is 9.20. The summed E-state index contributed by atoms with van der Waals surface area (Å²) in [4.78, 5) is 16.2. The van der Waals surface area contributed by atoms with Crippen LogP contribution in [-0.2, 0) is 4.79 Å². The van der Waals surface area contributed by atoms with E-state index in [1.165, 1.54) is 0 Å². The lowest BCUT2D eigenvalue weighted by Crippen LogP contribution is -2.52. The molecule has 162 valence electrons. The summed E-state index contributed by atoms with van der Waals surface area (Å²) in [7, 11) is 0. The standard InChI is InChI=1S/C16H25F6N5O/c1-9-8-12(27-26-9)24-14(23-7-6-15(17,18)19)25-13(28)10-2-4-11(5-3-10)16(20,21)22/h9-12,26-27H,2-8H2,1H3,(H2,23,24,25,28). The molecule has 0 radical (unpaired) electrons. The Labute approximate surface area is 158 Å².